The number of hydrogen-bond acceptors (Lipinski definition) is 19. The fourth-order valence-electron chi connectivity index (χ4n) is 7.62. The van der Waals surface area contributed by atoms with Crippen LogP contribution in [0.3, 0.4) is 0 Å². The molecule has 0 radical (unpaired) electrons. The first-order chi connectivity index (χ1) is 37.1. The molecule has 8 aromatic rings. The van der Waals surface area contributed by atoms with Gasteiger partial charge in [0.1, 0.15) is 11.5 Å². The van der Waals surface area contributed by atoms with E-state index in [1.807, 2.05) is 0 Å². The van der Waals surface area contributed by atoms with Crippen LogP contribution >= 0.6 is 24.1 Å². The van der Waals surface area contributed by atoms with Crippen molar-refractivity contribution in [2.45, 2.75) is 19.6 Å². The highest BCUT2D eigenvalue weighted by molar-refractivity contribution is 7.94. The van der Waals surface area contributed by atoms with E-state index >= 15 is 0 Å². The SMILES string of the molecule is O=C(Nc1cccc(C(=O)Nc2cccc(C(=O)Nc3cc(SOOO)cc4cc(S(=O)(=O)O)cc(O)c34)c2)c1)Nc1cccc(C(=O)Nc2cccc(C(=O)Nc3cc(S(=O)(=O)O)cc4cc(SOOO)cc(O)c34)c2)c1. The Bertz CT molecular complexity index is 3960. The van der Waals surface area contributed by atoms with Crippen LogP contribution in [0.25, 0.3) is 21.5 Å². The van der Waals surface area contributed by atoms with Crippen molar-refractivity contribution in [3.05, 3.63) is 168 Å². The zero-order chi connectivity index (χ0) is 55.9. The molecule has 12 N–H and O–H groups in total. The first-order valence-corrected chi connectivity index (χ1v) is 26.1. The van der Waals surface area contributed by atoms with Crippen molar-refractivity contribution in [2.75, 3.05) is 31.9 Å². The van der Waals surface area contributed by atoms with Crippen molar-refractivity contribution in [1.82, 2.24) is 0 Å². The molecule has 0 saturated carbocycles. The zero-order valence-electron chi connectivity index (χ0n) is 39.0. The first kappa shape index (κ1) is 55.5. The van der Waals surface area contributed by atoms with E-state index in [1.165, 1.54) is 121 Å². The fraction of sp³-hybridized carbons (Fsp3) is 0. The summed E-state index contributed by atoms with van der Waals surface area (Å²) < 4.78 is 76.1. The normalized spacial score (nSPS) is 11.4. The van der Waals surface area contributed by atoms with Crippen LogP contribution in [-0.4, -0.2) is 76.3 Å². The number of phenolic OH excluding ortho intramolecular Hbond substituents is 2. The van der Waals surface area contributed by atoms with Gasteiger partial charge >= 0.3 is 6.03 Å². The smallest absolute Gasteiger partial charge is 0.323 e. The third kappa shape index (κ3) is 13.6. The number of anilines is 6. The van der Waals surface area contributed by atoms with Gasteiger partial charge in [-0.2, -0.15) is 16.8 Å². The van der Waals surface area contributed by atoms with Crippen molar-refractivity contribution in [1.29, 1.82) is 0 Å². The van der Waals surface area contributed by atoms with Crippen molar-refractivity contribution < 1.29 is 89.4 Å². The van der Waals surface area contributed by atoms with E-state index in [4.69, 9.17) is 10.5 Å². The molecular formula is C49H36N6O19S4. The molecule has 8 rings (SSSR count). The number of carbonyl (C=O) groups excluding carboxylic acids is 5. The second-order valence-corrected chi connectivity index (χ2v) is 20.5. The number of rotatable bonds is 18. The Morgan fingerprint density at radius 3 is 1.15 bits per heavy atom. The largest absolute Gasteiger partial charge is 0.507 e. The van der Waals surface area contributed by atoms with Gasteiger partial charge in [-0.05, 0) is 126 Å². The molecule has 0 spiro atoms. The van der Waals surface area contributed by atoms with Gasteiger partial charge in [-0.1, -0.05) is 34.3 Å². The van der Waals surface area contributed by atoms with E-state index in [2.05, 4.69) is 50.6 Å². The van der Waals surface area contributed by atoms with Gasteiger partial charge in [-0.15, -0.1) is 8.67 Å². The van der Waals surface area contributed by atoms with Gasteiger partial charge in [0.2, 0.25) is 0 Å². The Kier molecular flexibility index (Phi) is 16.9. The highest BCUT2D eigenvalue weighted by Crippen LogP contribution is 2.40. The van der Waals surface area contributed by atoms with E-state index in [-0.39, 0.29) is 87.7 Å². The van der Waals surface area contributed by atoms with Gasteiger partial charge in [0.25, 0.3) is 43.9 Å². The summed E-state index contributed by atoms with van der Waals surface area (Å²) >= 11 is 0.933. The second-order valence-electron chi connectivity index (χ2n) is 16.1. The maximum Gasteiger partial charge on any atom is 0.323 e. The minimum Gasteiger partial charge on any atom is -0.507 e. The number of hydrogen-bond donors (Lipinski definition) is 12. The summed E-state index contributed by atoms with van der Waals surface area (Å²) in [6.45, 7) is 0. The molecule has 6 amide bonds. The van der Waals surface area contributed by atoms with E-state index in [0.29, 0.717) is 24.1 Å². The monoisotopic (exact) mass is 1140 g/mol. The third-order valence-corrected chi connectivity index (χ3v) is 13.7. The van der Waals surface area contributed by atoms with E-state index < -0.39 is 71.2 Å². The Morgan fingerprint density at radius 1 is 0.410 bits per heavy atom. The van der Waals surface area contributed by atoms with Gasteiger partial charge in [0, 0.05) is 71.6 Å². The molecule has 0 aliphatic carbocycles. The molecule has 0 fully saturated rings. The summed E-state index contributed by atoms with van der Waals surface area (Å²) in [5.74, 6) is -3.89. The van der Waals surface area contributed by atoms with E-state index in [0.717, 1.165) is 24.3 Å². The van der Waals surface area contributed by atoms with Crippen LogP contribution < -0.4 is 31.9 Å². The minimum absolute atomic E-state index is 0.0185. The average molecular weight is 1140 g/mol. The molecule has 0 saturated heterocycles. The van der Waals surface area contributed by atoms with Gasteiger partial charge in [0.05, 0.1) is 45.3 Å². The second kappa shape index (κ2) is 23.7. The summed E-state index contributed by atoms with van der Waals surface area (Å²) in [6.07, 6.45) is 0. The minimum atomic E-state index is -4.82. The third-order valence-electron chi connectivity index (χ3n) is 10.9. The summed E-state index contributed by atoms with van der Waals surface area (Å²) in [4.78, 5) is 66.1. The van der Waals surface area contributed by atoms with Gasteiger partial charge in [0.15, 0.2) is 0 Å². The zero-order valence-corrected chi connectivity index (χ0v) is 42.2. The summed E-state index contributed by atoms with van der Waals surface area (Å²) in [5.41, 5.74) is 0.611. The highest BCUT2D eigenvalue weighted by Gasteiger charge is 2.22. The number of phenols is 2. The lowest BCUT2D eigenvalue weighted by atomic mass is 10.1. The van der Waals surface area contributed by atoms with E-state index in [1.54, 1.807) is 0 Å². The molecule has 0 heterocycles. The molecule has 29 heteroatoms. The molecule has 25 nitrogen and oxygen atoms in total. The molecule has 0 aliphatic heterocycles. The fourth-order valence-corrected chi connectivity index (χ4v) is 9.59. The lowest BCUT2D eigenvalue weighted by Crippen LogP contribution is -2.20. The van der Waals surface area contributed by atoms with Gasteiger partial charge in [-0.3, -0.25) is 28.3 Å². The van der Waals surface area contributed by atoms with Crippen LogP contribution in [0.2, 0.25) is 0 Å². The standard InChI is InChI=1S/C49H36N6O19S4/c56-41-22-36(76-74-72-64)18-30-19-37(77(65,66)67)23-40(44(30)41)55-48(61)28-8-2-10-32(14-28)51-46(59)26-6-4-12-34(16-26)53-49(62)52-33-11-3-5-25(15-33)45(58)50-31-9-1-7-27(13-31)47(60)54-39-21-35(75-73-71-63)17-29-20-38(78(68,69)70)24-42(57)43(29)39/h1-24,56-57,63-64H,(H,50,58)(H,51,59)(H,54,60)(H,55,61)(H2,52,53,62)(H,65,66,67)(H,68,69,70). The number of benzene rings is 8. The summed E-state index contributed by atoms with van der Waals surface area (Å²) in [6, 6.07) is 31.2. The van der Waals surface area contributed by atoms with Crippen LogP contribution in [0, 0.1) is 0 Å². The maximum atomic E-state index is 13.5. The predicted octanol–water partition coefficient (Wildman–Crippen LogP) is 9.41. The number of amides is 6. The van der Waals surface area contributed by atoms with Crippen LogP contribution in [0.5, 0.6) is 11.5 Å². The molecule has 0 bridgehead atoms. The predicted molar refractivity (Wildman–Crippen MR) is 282 cm³/mol. The topological polar surface area (TPSA) is 384 Å². The molecule has 0 aromatic heterocycles. The molecule has 78 heavy (non-hydrogen) atoms. The Hall–Kier alpha value is -8.69. The highest BCUT2D eigenvalue weighted by atomic mass is 32.2. The average Bonchev–Trinajstić information content (AvgIpc) is 3.39. The molecule has 0 aliphatic rings. The number of fused-ring (bicyclic) bond motifs is 2. The Balaban J connectivity index is 0.891. The Morgan fingerprint density at radius 2 is 0.756 bits per heavy atom. The lowest BCUT2D eigenvalue weighted by molar-refractivity contribution is -0.432. The number of nitrogens with one attached hydrogen (secondary N) is 6. The van der Waals surface area contributed by atoms with E-state index in [9.17, 15) is 60.1 Å². The molecular weight excluding hydrogens is 1100 g/mol. The lowest BCUT2D eigenvalue weighted by Gasteiger charge is -2.14. The molecule has 8 aromatic carbocycles. The summed E-state index contributed by atoms with van der Waals surface area (Å²) in [5, 5.41) is 61.6. The Labute approximate surface area is 447 Å². The molecule has 400 valence electrons. The van der Waals surface area contributed by atoms with Crippen LogP contribution in [0.15, 0.2) is 165 Å². The quantitative estimate of drug-likeness (QED) is 0.0165. The number of carbonyl (C=O) groups is 5. The molecule has 0 unspecified atom stereocenters. The van der Waals surface area contributed by atoms with Crippen LogP contribution in [0.4, 0.5) is 38.9 Å². The maximum absolute atomic E-state index is 13.5. The van der Waals surface area contributed by atoms with Gasteiger partial charge < -0.3 is 42.1 Å². The van der Waals surface area contributed by atoms with Crippen LogP contribution in [-0.2, 0) is 39.0 Å². The van der Waals surface area contributed by atoms with Crippen molar-refractivity contribution in [2.24, 2.45) is 0 Å². The van der Waals surface area contributed by atoms with Gasteiger partial charge in [-0.25, -0.2) is 15.3 Å². The number of urea groups is 1. The molecule has 0 atom stereocenters. The van der Waals surface area contributed by atoms with Crippen molar-refractivity contribution in [3.63, 3.8) is 0 Å². The first-order valence-electron chi connectivity index (χ1n) is 21.8. The summed E-state index contributed by atoms with van der Waals surface area (Å²) in [7, 11) is -9.57. The number of aromatic hydroxyl groups is 2. The van der Waals surface area contributed by atoms with Crippen molar-refractivity contribution in [3.8, 4) is 11.5 Å². The van der Waals surface area contributed by atoms with Crippen molar-refractivity contribution >= 4 is 130 Å². The van der Waals surface area contributed by atoms with Crippen LogP contribution in [0.1, 0.15) is 41.4 Å².